The Labute approximate surface area is 157 Å². The van der Waals surface area contributed by atoms with Crippen molar-refractivity contribution < 1.29 is 9.53 Å². The molecule has 0 aliphatic carbocycles. The Kier molecular flexibility index (Phi) is 5.72. The zero-order valence-corrected chi connectivity index (χ0v) is 15.8. The number of anilines is 1. The average Bonchev–Trinajstić information content (AvgIpc) is 3.01. The number of amides is 1. The third-order valence-electron chi connectivity index (χ3n) is 3.26. The molecule has 0 spiro atoms. The highest BCUT2D eigenvalue weighted by Crippen LogP contribution is 2.34. The van der Waals surface area contributed by atoms with Crippen LogP contribution in [0.25, 0.3) is 0 Å². The first-order valence-corrected chi connectivity index (χ1v) is 9.02. The molecule has 0 bridgehead atoms. The van der Waals surface area contributed by atoms with Gasteiger partial charge in [-0.2, -0.15) is 0 Å². The lowest BCUT2D eigenvalue weighted by Crippen LogP contribution is -2.14. The Balaban J connectivity index is 1.69. The van der Waals surface area contributed by atoms with E-state index in [0.29, 0.717) is 5.69 Å². The summed E-state index contributed by atoms with van der Waals surface area (Å²) >= 11 is 4.83. The van der Waals surface area contributed by atoms with E-state index in [1.54, 1.807) is 6.33 Å². The van der Waals surface area contributed by atoms with E-state index >= 15 is 0 Å². The van der Waals surface area contributed by atoms with Crippen molar-refractivity contribution in [3.05, 3.63) is 64.9 Å². The fourth-order valence-electron chi connectivity index (χ4n) is 2.02. The number of carbonyl (C=O) groups excluding carboxylic acids is 1. The number of hydrogen-bond donors (Lipinski definition) is 1. The van der Waals surface area contributed by atoms with Crippen molar-refractivity contribution in [2.75, 3.05) is 5.32 Å². The van der Waals surface area contributed by atoms with Crippen LogP contribution in [0.5, 0.6) is 0 Å². The highest BCUT2D eigenvalue weighted by atomic mass is 79.9. The summed E-state index contributed by atoms with van der Waals surface area (Å²) in [5.41, 5.74) is 1.57. The van der Waals surface area contributed by atoms with Crippen molar-refractivity contribution in [2.24, 2.45) is 7.05 Å². The highest BCUT2D eigenvalue weighted by molar-refractivity contribution is 9.10. The maximum atomic E-state index is 12.1. The minimum atomic E-state index is -0.512. The van der Waals surface area contributed by atoms with Gasteiger partial charge in [-0.15, -0.1) is 10.2 Å². The zero-order valence-electron chi connectivity index (χ0n) is 13.3. The fraction of sp³-hybridized carbons (Fsp3) is 0.118. The van der Waals surface area contributed by atoms with E-state index in [4.69, 9.17) is 4.74 Å². The number of ether oxygens (including phenoxy) is 1. The molecule has 0 aliphatic rings. The summed E-state index contributed by atoms with van der Waals surface area (Å²) in [6.07, 6.45) is 1.12. The van der Waals surface area contributed by atoms with Crippen LogP contribution < -0.4 is 5.32 Å². The third kappa shape index (κ3) is 4.83. The van der Waals surface area contributed by atoms with E-state index in [9.17, 15) is 4.79 Å². The summed E-state index contributed by atoms with van der Waals surface area (Å²) in [7, 11) is 1.86. The van der Waals surface area contributed by atoms with Crippen LogP contribution in [0.3, 0.4) is 0 Å². The molecule has 0 aliphatic heterocycles. The normalized spacial score (nSPS) is 10.5. The summed E-state index contributed by atoms with van der Waals surface area (Å²) in [4.78, 5) is 13.0. The first-order valence-electron chi connectivity index (χ1n) is 7.41. The Bertz CT molecular complexity index is 870. The Morgan fingerprint density at radius 3 is 2.80 bits per heavy atom. The number of halogens is 1. The maximum Gasteiger partial charge on any atom is 0.411 e. The molecule has 8 heteroatoms. The third-order valence-corrected chi connectivity index (χ3v) is 4.88. The quantitative estimate of drug-likeness (QED) is 0.661. The van der Waals surface area contributed by atoms with Crippen LogP contribution in [0, 0.1) is 0 Å². The van der Waals surface area contributed by atoms with Crippen LogP contribution in [-0.2, 0) is 18.4 Å². The van der Waals surface area contributed by atoms with Gasteiger partial charge in [0, 0.05) is 16.4 Å². The van der Waals surface area contributed by atoms with Gasteiger partial charge in [0.15, 0.2) is 5.16 Å². The largest absolute Gasteiger partial charge is 0.444 e. The molecule has 3 rings (SSSR count). The van der Waals surface area contributed by atoms with E-state index in [-0.39, 0.29) is 6.61 Å². The van der Waals surface area contributed by atoms with E-state index in [0.717, 1.165) is 20.1 Å². The number of nitrogens with zero attached hydrogens (tertiary/aromatic N) is 3. The summed E-state index contributed by atoms with van der Waals surface area (Å²) < 4.78 is 7.94. The first kappa shape index (κ1) is 17.5. The molecule has 1 N–H and O–H groups in total. The number of nitrogens with one attached hydrogen (secondary N) is 1. The number of benzene rings is 2. The van der Waals surface area contributed by atoms with Gasteiger partial charge in [0.05, 0.1) is 5.69 Å². The molecule has 1 aromatic heterocycles. The summed E-state index contributed by atoms with van der Waals surface area (Å²) in [5, 5.41) is 11.4. The second-order valence-corrected chi connectivity index (χ2v) is 7.08. The van der Waals surface area contributed by atoms with Crippen molar-refractivity contribution >= 4 is 39.5 Å². The average molecular weight is 419 g/mol. The van der Waals surface area contributed by atoms with Crippen LogP contribution in [0.4, 0.5) is 10.5 Å². The molecule has 6 nitrogen and oxygen atoms in total. The van der Waals surface area contributed by atoms with E-state index in [2.05, 4.69) is 31.4 Å². The topological polar surface area (TPSA) is 69.0 Å². The predicted molar refractivity (Wildman–Crippen MR) is 99.5 cm³/mol. The molecule has 3 aromatic rings. The van der Waals surface area contributed by atoms with Crippen LogP contribution in [0.1, 0.15) is 5.56 Å². The van der Waals surface area contributed by atoms with Gasteiger partial charge in [-0.05, 0) is 35.5 Å². The zero-order chi connectivity index (χ0) is 17.6. The summed E-state index contributed by atoms with van der Waals surface area (Å²) in [5.74, 6) is 0. The molecule has 2 aromatic carbocycles. The molecular formula is C17H15BrN4O2S. The smallest absolute Gasteiger partial charge is 0.411 e. The van der Waals surface area contributed by atoms with Crippen LogP contribution in [0.2, 0.25) is 0 Å². The molecule has 1 amide bonds. The van der Waals surface area contributed by atoms with Gasteiger partial charge >= 0.3 is 6.09 Å². The lowest BCUT2D eigenvalue weighted by atomic mass is 10.2. The van der Waals surface area contributed by atoms with Gasteiger partial charge in [-0.1, -0.05) is 46.3 Å². The van der Waals surface area contributed by atoms with Gasteiger partial charge in [0.2, 0.25) is 0 Å². The highest BCUT2D eigenvalue weighted by Gasteiger charge is 2.12. The van der Waals surface area contributed by atoms with Gasteiger partial charge in [0.1, 0.15) is 12.9 Å². The van der Waals surface area contributed by atoms with Gasteiger partial charge in [-0.3, -0.25) is 5.32 Å². The Morgan fingerprint density at radius 2 is 2.08 bits per heavy atom. The molecule has 0 saturated heterocycles. The summed E-state index contributed by atoms with van der Waals surface area (Å²) in [6, 6.07) is 15.2. The van der Waals surface area contributed by atoms with Crippen molar-refractivity contribution in [3.8, 4) is 0 Å². The van der Waals surface area contributed by atoms with E-state index in [1.165, 1.54) is 11.8 Å². The van der Waals surface area contributed by atoms with E-state index < -0.39 is 6.09 Å². The second kappa shape index (κ2) is 8.17. The molecule has 0 unspecified atom stereocenters. The fourth-order valence-corrected chi connectivity index (χ4v) is 3.21. The lowest BCUT2D eigenvalue weighted by Gasteiger charge is -2.11. The molecule has 0 saturated carbocycles. The molecule has 25 heavy (non-hydrogen) atoms. The Morgan fingerprint density at radius 1 is 1.28 bits per heavy atom. The number of rotatable bonds is 5. The molecule has 128 valence electrons. The Hall–Kier alpha value is -2.32. The van der Waals surface area contributed by atoms with Crippen LogP contribution in [0.15, 0.2) is 69.4 Å². The summed E-state index contributed by atoms with van der Waals surface area (Å²) in [6.45, 7) is 0.215. The predicted octanol–water partition coefficient (Wildman–Crippen LogP) is 4.48. The minimum Gasteiger partial charge on any atom is -0.444 e. The SMILES string of the molecule is Cn1cnnc1Sc1ccc(Br)cc1NC(=O)OCc1ccccc1. The van der Waals surface area contributed by atoms with Crippen molar-refractivity contribution in [3.63, 3.8) is 0 Å². The van der Waals surface area contributed by atoms with Crippen LogP contribution >= 0.6 is 27.7 Å². The minimum absolute atomic E-state index is 0.215. The molecular weight excluding hydrogens is 404 g/mol. The standard InChI is InChI=1S/C17H15BrN4O2S/c1-22-11-19-21-16(22)25-15-8-7-13(18)9-14(15)20-17(23)24-10-12-5-3-2-4-6-12/h2-9,11H,10H2,1H3,(H,20,23). The van der Waals surface area contributed by atoms with Crippen molar-refractivity contribution in [1.82, 2.24) is 14.8 Å². The maximum absolute atomic E-state index is 12.1. The molecule has 0 atom stereocenters. The second-order valence-electron chi connectivity index (χ2n) is 5.15. The van der Waals surface area contributed by atoms with Crippen molar-refractivity contribution in [1.29, 1.82) is 0 Å². The first-order chi connectivity index (χ1) is 12.1. The number of aryl methyl sites for hydroxylation is 1. The number of hydrogen-bond acceptors (Lipinski definition) is 5. The molecule has 0 radical (unpaired) electrons. The van der Waals surface area contributed by atoms with Gasteiger partial charge < -0.3 is 9.30 Å². The number of aromatic nitrogens is 3. The van der Waals surface area contributed by atoms with Gasteiger partial charge in [0.25, 0.3) is 0 Å². The molecule has 1 heterocycles. The van der Waals surface area contributed by atoms with Crippen LogP contribution in [-0.4, -0.2) is 20.9 Å². The van der Waals surface area contributed by atoms with Crippen molar-refractivity contribution in [2.45, 2.75) is 16.7 Å². The molecule has 0 fully saturated rings. The monoisotopic (exact) mass is 418 g/mol. The lowest BCUT2D eigenvalue weighted by molar-refractivity contribution is 0.155. The van der Waals surface area contributed by atoms with Gasteiger partial charge in [-0.25, -0.2) is 4.79 Å². The number of carbonyl (C=O) groups is 1. The van der Waals surface area contributed by atoms with E-state index in [1.807, 2.05) is 60.1 Å².